The van der Waals surface area contributed by atoms with Crippen LogP contribution in [-0.4, -0.2) is 37.0 Å². The van der Waals surface area contributed by atoms with Crippen molar-refractivity contribution in [2.45, 2.75) is 38.6 Å². The highest BCUT2D eigenvalue weighted by molar-refractivity contribution is 5.94. The standard InChI is InChI=1S/C19H25N3O4/c1-19(2,3)22-18-13(10-20-22)12(9-16(23)21-18)11-7-14(24-4)17(26-6)15(8-11)25-5/h7-8,10,12H,9H2,1-6H3,(H,21,23). The zero-order valence-corrected chi connectivity index (χ0v) is 16.0. The highest BCUT2D eigenvalue weighted by atomic mass is 16.5. The molecule has 7 heteroatoms. The van der Waals surface area contributed by atoms with E-state index in [9.17, 15) is 4.79 Å². The molecule has 1 aromatic carbocycles. The Morgan fingerprint density at radius 2 is 1.73 bits per heavy atom. The number of fused-ring (bicyclic) bond motifs is 1. The van der Waals surface area contributed by atoms with Gasteiger partial charge in [-0.05, 0) is 38.5 Å². The maximum atomic E-state index is 12.4. The molecule has 0 radical (unpaired) electrons. The minimum absolute atomic E-state index is 0.0396. The molecule has 1 unspecified atom stereocenters. The molecule has 26 heavy (non-hydrogen) atoms. The average Bonchev–Trinajstić information content (AvgIpc) is 3.03. The monoisotopic (exact) mass is 359 g/mol. The van der Waals surface area contributed by atoms with Gasteiger partial charge in [-0.15, -0.1) is 0 Å². The topological polar surface area (TPSA) is 74.6 Å². The van der Waals surface area contributed by atoms with Gasteiger partial charge in [-0.3, -0.25) is 4.79 Å². The average molecular weight is 359 g/mol. The lowest BCUT2D eigenvalue weighted by atomic mass is 9.87. The number of hydrogen-bond donors (Lipinski definition) is 1. The lowest BCUT2D eigenvalue weighted by molar-refractivity contribution is -0.116. The fourth-order valence-electron chi connectivity index (χ4n) is 3.33. The van der Waals surface area contributed by atoms with Crippen molar-refractivity contribution in [3.05, 3.63) is 29.5 Å². The number of nitrogens with one attached hydrogen (secondary N) is 1. The molecule has 0 saturated heterocycles. The normalized spacial score (nSPS) is 16.7. The van der Waals surface area contributed by atoms with Crippen LogP contribution in [0.4, 0.5) is 5.82 Å². The SMILES string of the molecule is COc1cc(C2CC(=O)Nc3c2cnn3C(C)(C)C)cc(OC)c1OC. The number of nitrogens with zero attached hydrogens (tertiary/aromatic N) is 2. The molecule has 2 aromatic rings. The Morgan fingerprint density at radius 3 is 2.23 bits per heavy atom. The van der Waals surface area contributed by atoms with Gasteiger partial charge in [-0.2, -0.15) is 5.10 Å². The van der Waals surface area contributed by atoms with Crippen molar-refractivity contribution in [2.75, 3.05) is 26.6 Å². The summed E-state index contributed by atoms with van der Waals surface area (Å²) in [7, 11) is 4.73. The minimum atomic E-state index is -0.238. The molecule has 0 bridgehead atoms. The molecule has 0 spiro atoms. The number of amides is 1. The number of carbonyl (C=O) groups is 1. The quantitative estimate of drug-likeness (QED) is 0.908. The molecular weight excluding hydrogens is 334 g/mol. The van der Waals surface area contributed by atoms with Gasteiger partial charge in [0.1, 0.15) is 5.82 Å². The van der Waals surface area contributed by atoms with E-state index in [0.717, 1.165) is 16.9 Å². The molecule has 7 nitrogen and oxygen atoms in total. The van der Waals surface area contributed by atoms with Gasteiger partial charge in [0, 0.05) is 17.9 Å². The van der Waals surface area contributed by atoms with E-state index in [0.29, 0.717) is 23.7 Å². The van der Waals surface area contributed by atoms with E-state index in [2.05, 4.69) is 31.2 Å². The van der Waals surface area contributed by atoms with Gasteiger partial charge in [0.15, 0.2) is 11.5 Å². The van der Waals surface area contributed by atoms with Crippen LogP contribution in [0.5, 0.6) is 17.2 Å². The van der Waals surface area contributed by atoms with Crippen molar-refractivity contribution >= 4 is 11.7 Å². The Balaban J connectivity index is 2.15. The van der Waals surface area contributed by atoms with Crippen LogP contribution in [0.1, 0.15) is 44.2 Å². The zero-order chi connectivity index (χ0) is 19.1. The lowest BCUT2D eigenvalue weighted by Gasteiger charge is -2.28. The van der Waals surface area contributed by atoms with Crippen LogP contribution in [0.25, 0.3) is 0 Å². The van der Waals surface area contributed by atoms with Gasteiger partial charge in [-0.25, -0.2) is 4.68 Å². The van der Waals surface area contributed by atoms with Crippen LogP contribution in [0.15, 0.2) is 18.3 Å². The molecule has 1 amide bonds. The highest BCUT2D eigenvalue weighted by Crippen LogP contribution is 2.45. The summed E-state index contributed by atoms with van der Waals surface area (Å²) < 4.78 is 18.2. The lowest BCUT2D eigenvalue weighted by Crippen LogP contribution is -2.30. The molecular formula is C19H25N3O4. The Bertz CT molecular complexity index is 811. The molecule has 1 N–H and O–H groups in total. The van der Waals surface area contributed by atoms with Gasteiger partial charge in [0.05, 0.1) is 33.1 Å². The maximum Gasteiger partial charge on any atom is 0.226 e. The fourth-order valence-corrected chi connectivity index (χ4v) is 3.33. The summed E-state index contributed by atoms with van der Waals surface area (Å²) in [4.78, 5) is 12.4. The van der Waals surface area contributed by atoms with Gasteiger partial charge in [0.25, 0.3) is 0 Å². The number of anilines is 1. The van der Waals surface area contributed by atoms with Crippen molar-refractivity contribution in [3.8, 4) is 17.2 Å². The van der Waals surface area contributed by atoms with Crippen LogP contribution < -0.4 is 19.5 Å². The Labute approximate surface area is 153 Å². The molecule has 0 saturated carbocycles. The van der Waals surface area contributed by atoms with Crippen molar-refractivity contribution in [3.63, 3.8) is 0 Å². The Hall–Kier alpha value is -2.70. The summed E-state index contributed by atoms with van der Waals surface area (Å²) in [5, 5.41) is 7.48. The van der Waals surface area contributed by atoms with Gasteiger partial charge >= 0.3 is 0 Å². The van der Waals surface area contributed by atoms with Crippen LogP contribution in [0.2, 0.25) is 0 Å². The first-order valence-corrected chi connectivity index (χ1v) is 8.48. The summed E-state index contributed by atoms with van der Waals surface area (Å²) in [6.07, 6.45) is 2.16. The number of aromatic nitrogens is 2. The molecule has 0 fully saturated rings. The molecule has 2 heterocycles. The summed E-state index contributed by atoms with van der Waals surface area (Å²) in [6.45, 7) is 6.15. The number of rotatable bonds is 4. The smallest absolute Gasteiger partial charge is 0.226 e. The third kappa shape index (κ3) is 2.98. The number of methoxy groups -OCH3 is 3. The Morgan fingerprint density at radius 1 is 1.12 bits per heavy atom. The van der Waals surface area contributed by atoms with E-state index >= 15 is 0 Å². The highest BCUT2D eigenvalue weighted by Gasteiger charge is 2.33. The maximum absolute atomic E-state index is 12.4. The van der Waals surface area contributed by atoms with Crippen molar-refractivity contribution in [2.24, 2.45) is 0 Å². The second-order valence-electron chi connectivity index (χ2n) is 7.29. The van der Waals surface area contributed by atoms with Crippen LogP contribution in [0, 0.1) is 0 Å². The van der Waals surface area contributed by atoms with Crippen LogP contribution >= 0.6 is 0 Å². The van der Waals surface area contributed by atoms with Crippen molar-refractivity contribution < 1.29 is 19.0 Å². The molecule has 1 atom stereocenters. The first kappa shape index (κ1) is 18.1. The summed E-state index contributed by atoms with van der Waals surface area (Å²) in [6, 6.07) is 3.78. The minimum Gasteiger partial charge on any atom is -0.493 e. The van der Waals surface area contributed by atoms with Gasteiger partial charge in [-0.1, -0.05) is 0 Å². The third-order valence-corrected chi connectivity index (χ3v) is 4.55. The largest absolute Gasteiger partial charge is 0.493 e. The van der Waals surface area contributed by atoms with Crippen molar-refractivity contribution in [1.29, 1.82) is 0 Å². The fraction of sp³-hybridized carbons (Fsp3) is 0.474. The first-order valence-electron chi connectivity index (χ1n) is 8.48. The molecule has 140 valence electrons. The number of ether oxygens (including phenoxy) is 3. The first-order chi connectivity index (χ1) is 12.3. The van der Waals surface area contributed by atoms with E-state index < -0.39 is 0 Å². The molecule has 1 aliphatic heterocycles. The number of carbonyl (C=O) groups excluding carboxylic acids is 1. The second kappa shape index (κ2) is 6.55. The van der Waals surface area contributed by atoms with E-state index in [1.54, 1.807) is 21.3 Å². The van der Waals surface area contributed by atoms with Crippen LogP contribution in [0.3, 0.4) is 0 Å². The van der Waals surface area contributed by atoms with E-state index in [1.165, 1.54) is 0 Å². The second-order valence-corrected chi connectivity index (χ2v) is 7.29. The van der Waals surface area contributed by atoms with E-state index in [1.807, 2.05) is 23.0 Å². The summed E-state index contributed by atoms with van der Waals surface area (Å²) in [5.74, 6) is 2.23. The number of benzene rings is 1. The number of hydrogen-bond acceptors (Lipinski definition) is 5. The zero-order valence-electron chi connectivity index (χ0n) is 16.0. The summed E-state index contributed by atoms with van der Waals surface area (Å²) in [5.41, 5.74) is 1.66. The molecule has 1 aromatic heterocycles. The molecule has 1 aliphatic rings. The van der Waals surface area contributed by atoms with Crippen molar-refractivity contribution in [1.82, 2.24) is 9.78 Å². The van der Waals surface area contributed by atoms with Gasteiger partial charge < -0.3 is 19.5 Å². The van der Waals surface area contributed by atoms with E-state index in [4.69, 9.17) is 14.2 Å². The third-order valence-electron chi connectivity index (χ3n) is 4.55. The van der Waals surface area contributed by atoms with Gasteiger partial charge in [0.2, 0.25) is 11.7 Å². The molecule has 3 rings (SSSR count). The predicted molar refractivity (Wildman–Crippen MR) is 98.4 cm³/mol. The molecule has 0 aliphatic carbocycles. The Kier molecular flexibility index (Phi) is 4.56. The predicted octanol–water partition coefficient (Wildman–Crippen LogP) is 3.14. The summed E-state index contributed by atoms with van der Waals surface area (Å²) >= 11 is 0. The van der Waals surface area contributed by atoms with E-state index in [-0.39, 0.29) is 17.4 Å². The van der Waals surface area contributed by atoms with Crippen LogP contribution in [-0.2, 0) is 10.3 Å².